The molecule has 0 aliphatic heterocycles. The topological polar surface area (TPSA) is 53.4 Å². The number of rotatable bonds is 5. The Morgan fingerprint density at radius 2 is 2.29 bits per heavy atom. The second-order valence-corrected chi connectivity index (χ2v) is 4.61. The molecule has 1 saturated carbocycles. The summed E-state index contributed by atoms with van der Waals surface area (Å²) in [7, 11) is 0. The van der Waals surface area contributed by atoms with Gasteiger partial charge >= 0.3 is 5.97 Å². The fourth-order valence-corrected chi connectivity index (χ4v) is 2.36. The van der Waals surface area contributed by atoms with Crippen LogP contribution in [-0.4, -0.2) is 33.5 Å². The smallest absolute Gasteiger partial charge is 0.330 e. The number of carboxylic acids is 1. The van der Waals surface area contributed by atoms with Gasteiger partial charge in [0.25, 0.3) is 0 Å². The molecule has 1 aliphatic carbocycles. The summed E-state index contributed by atoms with van der Waals surface area (Å²) in [6.07, 6.45) is 3.82. The number of aliphatic carboxylic acids is 1. The van der Waals surface area contributed by atoms with Crippen molar-refractivity contribution < 1.29 is 9.90 Å². The van der Waals surface area contributed by atoms with Crippen LogP contribution in [0.25, 0.3) is 0 Å². The van der Waals surface area contributed by atoms with Crippen LogP contribution in [0.4, 0.5) is 0 Å². The molecule has 1 aromatic rings. The third-order valence-electron chi connectivity index (χ3n) is 3.48. The van der Waals surface area contributed by atoms with Gasteiger partial charge in [-0.25, -0.2) is 4.79 Å². The van der Waals surface area contributed by atoms with Gasteiger partial charge in [0.2, 0.25) is 0 Å². The summed E-state index contributed by atoms with van der Waals surface area (Å²) in [5.74, 6) is -0.829. The van der Waals surface area contributed by atoms with Gasteiger partial charge in [-0.2, -0.15) is 0 Å². The lowest BCUT2D eigenvalue weighted by atomic mass is 9.94. The molecule has 0 radical (unpaired) electrons. The SMILES string of the molecule is CCN(C1CC1)C(C)(C(=O)O)c1ccccn1. The van der Waals surface area contributed by atoms with Crippen molar-refractivity contribution >= 4 is 5.97 Å². The Morgan fingerprint density at radius 3 is 2.71 bits per heavy atom. The van der Waals surface area contributed by atoms with Crippen molar-refractivity contribution in [3.63, 3.8) is 0 Å². The highest BCUT2D eigenvalue weighted by Crippen LogP contribution is 2.37. The van der Waals surface area contributed by atoms with Crippen LogP contribution in [0.2, 0.25) is 0 Å². The van der Waals surface area contributed by atoms with E-state index in [0.717, 1.165) is 19.4 Å². The molecule has 4 heteroatoms. The van der Waals surface area contributed by atoms with Gasteiger partial charge in [-0.15, -0.1) is 0 Å². The van der Waals surface area contributed by atoms with Crippen LogP contribution >= 0.6 is 0 Å². The lowest BCUT2D eigenvalue weighted by Gasteiger charge is -2.36. The summed E-state index contributed by atoms with van der Waals surface area (Å²) >= 11 is 0. The van der Waals surface area contributed by atoms with Gasteiger partial charge in [0.1, 0.15) is 0 Å². The molecular formula is C13H18N2O2. The number of likely N-dealkylation sites (N-methyl/N-ethyl adjacent to an activating group) is 1. The van der Waals surface area contributed by atoms with E-state index in [9.17, 15) is 9.90 Å². The predicted octanol–water partition coefficient (Wildman–Crippen LogP) is 1.87. The monoisotopic (exact) mass is 234 g/mol. The number of carbonyl (C=O) groups is 1. The first-order valence-electron chi connectivity index (χ1n) is 6.02. The molecule has 1 heterocycles. The lowest BCUT2D eigenvalue weighted by Crippen LogP contribution is -2.51. The number of hydrogen-bond acceptors (Lipinski definition) is 3. The third kappa shape index (κ3) is 2.05. The summed E-state index contributed by atoms with van der Waals surface area (Å²) in [4.78, 5) is 17.9. The van der Waals surface area contributed by atoms with Crippen molar-refractivity contribution in [2.45, 2.75) is 38.3 Å². The van der Waals surface area contributed by atoms with Crippen molar-refractivity contribution in [3.8, 4) is 0 Å². The molecule has 0 saturated heterocycles. The molecule has 0 bridgehead atoms. The average Bonchev–Trinajstić information content (AvgIpc) is 3.15. The van der Waals surface area contributed by atoms with E-state index in [0.29, 0.717) is 11.7 Å². The number of carboxylic acid groups (broad SMARTS) is 1. The van der Waals surface area contributed by atoms with E-state index in [2.05, 4.69) is 4.98 Å². The predicted molar refractivity (Wildman–Crippen MR) is 64.6 cm³/mol. The fourth-order valence-electron chi connectivity index (χ4n) is 2.36. The molecule has 1 fully saturated rings. The Kier molecular flexibility index (Phi) is 3.15. The maximum atomic E-state index is 11.7. The van der Waals surface area contributed by atoms with Crippen molar-refractivity contribution in [2.75, 3.05) is 6.54 Å². The van der Waals surface area contributed by atoms with Crippen LogP contribution in [0.5, 0.6) is 0 Å². The van der Waals surface area contributed by atoms with Crippen LogP contribution in [-0.2, 0) is 10.3 Å². The quantitative estimate of drug-likeness (QED) is 0.845. The van der Waals surface area contributed by atoms with Crippen molar-refractivity contribution in [1.82, 2.24) is 9.88 Å². The summed E-state index contributed by atoms with van der Waals surface area (Å²) < 4.78 is 0. The molecule has 1 aliphatic rings. The Morgan fingerprint density at radius 1 is 1.59 bits per heavy atom. The number of nitrogens with zero attached hydrogens (tertiary/aromatic N) is 2. The molecule has 1 N–H and O–H groups in total. The number of pyridine rings is 1. The van der Waals surface area contributed by atoms with Crippen LogP contribution in [0.1, 0.15) is 32.4 Å². The van der Waals surface area contributed by atoms with Crippen molar-refractivity contribution in [2.24, 2.45) is 0 Å². The minimum absolute atomic E-state index is 0.392. The minimum atomic E-state index is -1.02. The van der Waals surface area contributed by atoms with Gasteiger partial charge in [-0.1, -0.05) is 13.0 Å². The Bertz CT molecular complexity index is 403. The highest BCUT2D eigenvalue weighted by atomic mass is 16.4. The number of hydrogen-bond donors (Lipinski definition) is 1. The van der Waals surface area contributed by atoms with Crippen molar-refractivity contribution in [3.05, 3.63) is 30.1 Å². The summed E-state index contributed by atoms with van der Waals surface area (Å²) in [5.41, 5.74) is -0.404. The molecule has 17 heavy (non-hydrogen) atoms. The zero-order chi connectivity index (χ0) is 12.5. The first-order chi connectivity index (χ1) is 8.10. The summed E-state index contributed by atoms with van der Waals surface area (Å²) in [6.45, 7) is 4.48. The highest BCUT2D eigenvalue weighted by Gasteiger charge is 2.47. The lowest BCUT2D eigenvalue weighted by molar-refractivity contribution is -0.152. The molecular weight excluding hydrogens is 216 g/mol. The van der Waals surface area contributed by atoms with E-state index < -0.39 is 11.5 Å². The third-order valence-corrected chi connectivity index (χ3v) is 3.48. The molecule has 4 nitrogen and oxygen atoms in total. The molecule has 1 aromatic heterocycles. The van der Waals surface area contributed by atoms with Crippen LogP contribution < -0.4 is 0 Å². The highest BCUT2D eigenvalue weighted by molar-refractivity contribution is 5.79. The zero-order valence-corrected chi connectivity index (χ0v) is 10.3. The Balaban J connectivity index is 2.41. The van der Waals surface area contributed by atoms with E-state index >= 15 is 0 Å². The first kappa shape index (κ1) is 12.0. The van der Waals surface area contributed by atoms with Crippen LogP contribution in [0, 0.1) is 0 Å². The number of aromatic nitrogens is 1. The summed E-state index contributed by atoms with van der Waals surface area (Å²) in [5, 5.41) is 9.58. The van der Waals surface area contributed by atoms with Gasteiger partial charge in [0.05, 0.1) is 5.69 Å². The molecule has 92 valence electrons. The zero-order valence-electron chi connectivity index (χ0n) is 10.3. The van der Waals surface area contributed by atoms with Gasteiger partial charge in [0.15, 0.2) is 5.54 Å². The van der Waals surface area contributed by atoms with Gasteiger partial charge in [-0.05, 0) is 38.4 Å². The second-order valence-electron chi connectivity index (χ2n) is 4.61. The van der Waals surface area contributed by atoms with Crippen LogP contribution in [0.15, 0.2) is 24.4 Å². The van der Waals surface area contributed by atoms with E-state index in [1.54, 1.807) is 25.3 Å². The summed E-state index contributed by atoms with van der Waals surface area (Å²) in [6, 6.07) is 5.82. The van der Waals surface area contributed by atoms with E-state index in [1.807, 2.05) is 17.9 Å². The first-order valence-corrected chi connectivity index (χ1v) is 6.02. The molecule has 1 atom stereocenters. The van der Waals surface area contributed by atoms with E-state index in [1.165, 1.54) is 0 Å². The Labute approximate surface area is 101 Å². The largest absolute Gasteiger partial charge is 0.480 e. The normalized spacial score (nSPS) is 19.0. The fraction of sp³-hybridized carbons (Fsp3) is 0.538. The van der Waals surface area contributed by atoms with Crippen molar-refractivity contribution in [1.29, 1.82) is 0 Å². The van der Waals surface area contributed by atoms with Crippen LogP contribution in [0.3, 0.4) is 0 Å². The van der Waals surface area contributed by atoms with E-state index in [-0.39, 0.29) is 0 Å². The molecule has 0 amide bonds. The molecule has 0 aromatic carbocycles. The standard InChI is InChI=1S/C13H18N2O2/c1-3-15(10-7-8-10)13(2,12(16)17)11-6-4-5-9-14-11/h4-6,9-10H,3,7-8H2,1-2H3,(H,16,17). The molecule has 1 unspecified atom stereocenters. The van der Waals surface area contributed by atoms with Gasteiger partial charge in [-0.3, -0.25) is 9.88 Å². The minimum Gasteiger partial charge on any atom is -0.480 e. The maximum Gasteiger partial charge on any atom is 0.330 e. The molecule has 0 spiro atoms. The second kappa shape index (κ2) is 4.45. The Hall–Kier alpha value is -1.42. The maximum absolute atomic E-state index is 11.7. The van der Waals surface area contributed by atoms with E-state index in [4.69, 9.17) is 0 Å². The average molecular weight is 234 g/mol. The van der Waals surface area contributed by atoms with Gasteiger partial charge < -0.3 is 5.11 Å². The van der Waals surface area contributed by atoms with Gasteiger partial charge in [0, 0.05) is 12.2 Å². The molecule has 2 rings (SSSR count).